The zero-order chi connectivity index (χ0) is 12.5. The van der Waals surface area contributed by atoms with E-state index in [-0.39, 0.29) is 17.1 Å². The summed E-state index contributed by atoms with van der Waals surface area (Å²) in [7, 11) is 3.42. The molecule has 101 valence electrons. The van der Waals surface area contributed by atoms with Crippen molar-refractivity contribution in [2.45, 2.75) is 0 Å². The minimum Gasteiger partial charge on any atom is -0.495 e. The first-order chi connectivity index (χ1) is 8.86. The molecule has 0 atom stereocenters. The van der Waals surface area contributed by atoms with Crippen LogP contribution in [0.5, 0.6) is 11.5 Å². The molecule has 0 N–H and O–H groups in total. The van der Waals surface area contributed by atoms with Crippen LogP contribution >= 0.6 is 0 Å². The van der Waals surface area contributed by atoms with Crippen LogP contribution in [-0.2, 0) is 17.1 Å². The van der Waals surface area contributed by atoms with Gasteiger partial charge < -0.3 is 9.47 Å². The first kappa shape index (κ1) is 13.7. The van der Waals surface area contributed by atoms with Gasteiger partial charge in [-0.3, -0.25) is 0 Å². The summed E-state index contributed by atoms with van der Waals surface area (Å²) in [5, 5.41) is 4.32. The van der Waals surface area contributed by atoms with Gasteiger partial charge in [0.15, 0.2) is 0 Å². The van der Waals surface area contributed by atoms with E-state index in [1.165, 1.54) is 0 Å². The Morgan fingerprint density at radius 2 is 0.842 bits per heavy atom. The van der Waals surface area contributed by atoms with Gasteiger partial charge in [-0.15, -0.1) is 0 Å². The molecule has 2 nitrogen and oxygen atoms in total. The second kappa shape index (κ2) is 5.52. The molecule has 0 aliphatic rings. The van der Waals surface area contributed by atoms with E-state index in [1.54, 1.807) is 14.2 Å². The number of benzene rings is 3. The monoisotopic (exact) mass is 301 g/mol. The topological polar surface area (TPSA) is 18.5 Å². The Bertz CT molecular complexity index is 603. The van der Waals surface area contributed by atoms with Gasteiger partial charge >= 0.3 is 0 Å². The van der Waals surface area contributed by atoms with E-state index in [4.69, 9.17) is 9.47 Å². The van der Waals surface area contributed by atoms with Gasteiger partial charge in [-0.2, -0.15) is 0 Å². The normalized spacial score (nSPS) is 10.2. The zero-order valence-corrected chi connectivity index (χ0v) is 11.7. The van der Waals surface area contributed by atoms with E-state index in [9.17, 15) is 0 Å². The Morgan fingerprint density at radius 1 is 0.579 bits per heavy atom. The van der Waals surface area contributed by atoms with Crippen LogP contribution in [0.15, 0.2) is 48.5 Å². The van der Waals surface area contributed by atoms with Crippen LogP contribution < -0.4 is 9.47 Å². The van der Waals surface area contributed by atoms with Gasteiger partial charge in [-0.05, 0) is 0 Å². The molecular weight excluding hydrogens is 288 g/mol. The Balaban J connectivity index is 0.00000133. The molecule has 0 saturated carbocycles. The third-order valence-electron chi connectivity index (χ3n) is 3.24. The van der Waals surface area contributed by atoms with E-state index in [0.717, 1.165) is 33.0 Å². The zero-order valence-electron chi connectivity index (χ0n) is 10.7. The quantitative estimate of drug-likeness (QED) is 0.526. The summed E-state index contributed by atoms with van der Waals surface area (Å²) in [5.74, 6) is 1.81. The van der Waals surface area contributed by atoms with Crippen LogP contribution in [-0.4, -0.2) is 14.2 Å². The van der Waals surface area contributed by atoms with Crippen LogP contribution in [0.4, 0.5) is 0 Å². The van der Waals surface area contributed by atoms with Crippen LogP contribution in [0.25, 0.3) is 21.5 Å². The molecule has 1 radical (unpaired) electrons. The van der Waals surface area contributed by atoms with Gasteiger partial charge in [-0.25, -0.2) is 0 Å². The molecule has 0 aromatic heterocycles. The van der Waals surface area contributed by atoms with E-state index >= 15 is 0 Å². The van der Waals surface area contributed by atoms with Gasteiger partial charge in [0.2, 0.25) is 0 Å². The maximum Gasteiger partial charge on any atom is 0.134 e. The SMILES string of the molecule is COc1c2ccccc2c(OC)c2ccccc12.[Cu]. The van der Waals surface area contributed by atoms with Crippen LogP contribution in [0.3, 0.4) is 0 Å². The van der Waals surface area contributed by atoms with Crippen molar-refractivity contribution in [2.24, 2.45) is 0 Å². The smallest absolute Gasteiger partial charge is 0.134 e. The molecule has 0 aliphatic heterocycles. The van der Waals surface area contributed by atoms with Crippen molar-refractivity contribution in [3.05, 3.63) is 48.5 Å². The fourth-order valence-corrected chi connectivity index (χ4v) is 2.49. The number of rotatable bonds is 2. The molecule has 3 heteroatoms. The van der Waals surface area contributed by atoms with Crippen molar-refractivity contribution >= 4 is 21.5 Å². The van der Waals surface area contributed by atoms with Gasteiger partial charge in [0.25, 0.3) is 0 Å². The molecule has 0 amide bonds. The standard InChI is InChI=1S/C16H14O2.Cu/c1-17-15-11-7-3-5-9-13(11)16(18-2)14-10-6-4-8-12(14)15;/h3-10H,1-2H3;. The third kappa shape index (κ3) is 2.05. The predicted molar refractivity (Wildman–Crippen MR) is 74.6 cm³/mol. The Kier molecular flexibility index (Phi) is 3.98. The molecule has 3 rings (SSSR count). The van der Waals surface area contributed by atoms with Gasteiger partial charge in [-0.1, -0.05) is 48.5 Å². The molecule has 19 heavy (non-hydrogen) atoms. The summed E-state index contributed by atoms with van der Waals surface area (Å²) in [4.78, 5) is 0. The molecular formula is C16H14CuO2. The van der Waals surface area contributed by atoms with Gasteiger partial charge in [0.1, 0.15) is 11.5 Å². The molecule has 3 aromatic carbocycles. The number of methoxy groups -OCH3 is 2. The summed E-state index contributed by atoms with van der Waals surface area (Å²) in [6, 6.07) is 16.3. The maximum absolute atomic E-state index is 5.58. The summed E-state index contributed by atoms with van der Waals surface area (Å²) in [5.41, 5.74) is 0. The third-order valence-corrected chi connectivity index (χ3v) is 3.24. The Hall–Kier alpha value is -1.70. The van der Waals surface area contributed by atoms with E-state index in [0.29, 0.717) is 0 Å². The fraction of sp³-hybridized carbons (Fsp3) is 0.125. The first-order valence-electron chi connectivity index (χ1n) is 5.88. The summed E-state index contributed by atoms with van der Waals surface area (Å²) in [6.45, 7) is 0. The predicted octanol–water partition coefficient (Wildman–Crippen LogP) is 4.01. The summed E-state index contributed by atoms with van der Waals surface area (Å²) in [6.07, 6.45) is 0. The van der Waals surface area contributed by atoms with Crippen molar-refractivity contribution in [3.63, 3.8) is 0 Å². The molecule has 3 aromatic rings. The molecule has 0 aliphatic carbocycles. The number of hydrogen-bond donors (Lipinski definition) is 0. The minimum absolute atomic E-state index is 0. The van der Waals surface area contributed by atoms with Crippen LogP contribution in [0, 0.1) is 0 Å². The molecule has 0 saturated heterocycles. The Morgan fingerprint density at radius 3 is 1.05 bits per heavy atom. The molecule has 0 bridgehead atoms. The van der Waals surface area contributed by atoms with Crippen molar-refractivity contribution in [1.82, 2.24) is 0 Å². The molecule has 0 heterocycles. The second-order valence-corrected chi connectivity index (χ2v) is 4.16. The summed E-state index contributed by atoms with van der Waals surface area (Å²) >= 11 is 0. The Labute approximate surface area is 122 Å². The van der Waals surface area contributed by atoms with Crippen LogP contribution in [0.1, 0.15) is 0 Å². The molecule has 0 unspecified atom stereocenters. The summed E-state index contributed by atoms with van der Waals surface area (Å²) < 4.78 is 11.2. The fourth-order valence-electron chi connectivity index (χ4n) is 2.49. The van der Waals surface area contributed by atoms with E-state index in [2.05, 4.69) is 24.3 Å². The average molecular weight is 302 g/mol. The largest absolute Gasteiger partial charge is 0.495 e. The van der Waals surface area contributed by atoms with Crippen LogP contribution in [0.2, 0.25) is 0 Å². The maximum atomic E-state index is 5.58. The van der Waals surface area contributed by atoms with E-state index < -0.39 is 0 Å². The van der Waals surface area contributed by atoms with Gasteiger partial charge in [0.05, 0.1) is 14.2 Å². The number of fused-ring (bicyclic) bond motifs is 2. The number of hydrogen-bond acceptors (Lipinski definition) is 2. The van der Waals surface area contributed by atoms with Crippen molar-refractivity contribution in [1.29, 1.82) is 0 Å². The van der Waals surface area contributed by atoms with Crippen molar-refractivity contribution < 1.29 is 26.5 Å². The van der Waals surface area contributed by atoms with E-state index in [1.807, 2.05) is 24.3 Å². The molecule has 0 spiro atoms. The van der Waals surface area contributed by atoms with Gasteiger partial charge in [0, 0.05) is 38.6 Å². The first-order valence-corrected chi connectivity index (χ1v) is 5.88. The molecule has 0 fully saturated rings. The second-order valence-electron chi connectivity index (χ2n) is 4.16. The minimum atomic E-state index is 0. The number of ether oxygens (including phenoxy) is 2. The average Bonchev–Trinajstić information content (AvgIpc) is 2.44. The van der Waals surface area contributed by atoms with Crippen molar-refractivity contribution in [2.75, 3.05) is 14.2 Å². The van der Waals surface area contributed by atoms with Crippen molar-refractivity contribution in [3.8, 4) is 11.5 Å².